The highest BCUT2D eigenvalue weighted by Gasteiger charge is 2.24. The van der Waals surface area contributed by atoms with E-state index in [2.05, 4.69) is 5.32 Å². The number of aliphatic hydroxyl groups is 1. The molecule has 1 amide bonds. The number of carbonyl (C=O) groups is 2. The van der Waals surface area contributed by atoms with Gasteiger partial charge in [0.15, 0.2) is 0 Å². The average molecular weight is 472 g/mol. The summed E-state index contributed by atoms with van der Waals surface area (Å²) >= 11 is 0. The highest BCUT2D eigenvalue weighted by Crippen LogP contribution is 2.31. The Morgan fingerprint density at radius 2 is 1.71 bits per heavy atom. The number of hydrogen-bond acceptors (Lipinski definition) is 7. The van der Waals surface area contributed by atoms with Gasteiger partial charge in [0.1, 0.15) is 24.2 Å². The first-order valence-electron chi connectivity index (χ1n) is 11.2. The fourth-order valence-electron chi connectivity index (χ4n) is 3.18. The van der Waals surface area contributed by atoms with Crippen LogP contribution in [0.5, 0.6) is 11.5 Å². The molecule has 34 heavy (non-hydrogen) atoms. The Labute approximate surface area is 200 Å². The number of methoxy groups -OCH3 is 1. The van der Waals surface area contributed by atoms with Gasteiger partial charge < -0.3 is 24.1 Å². The SMILES string of the molecule is CCOC(=O)/C(C)=C/C[C@H](C)[C@H](OC(=O)Nc1ccc(OC)cc1)c1ccc(OCCO)cc1. The van der Waals surface area contributed by atoms with Crippen LogP contribution >= 0.6 is 0 Å². The van der Waals surface area contributed by atoms with Gasteiger partial charge in [-0.2, -0.15) is 0 Å². The van der Waals surface area contributed by atoms with Gasteiger partial charge in [-0.3, -0.25) is 5.32 Å². The predicted octanol–water partition coefficient (Wildman–Crippen LogP) is 4.89. The molecule has 0 unspecified atom stereocenters. The van der Waals surface area contributed by atoms with Gasteiger partial charge in [-0.25, -0.2) is 9.59 Å². The third kappa shape index (κ3) is 8.44. The molecule has 8 nitrogen and oxygen atoms in total. The smallest absolute Gasteiger partial charge is 0.412 e. The molecule has 184 valence electrons. The second-order valence-electron chi connectivity index (χ2n) is 7.64. The van der Waals surface area contributed by atoms with Crippen LogP contribution < -0.4 is 14.8 Å². The normalized spacial score (nSPS) is 12.9. The van der Waals surface area contributed by atoms with Crippen molar-refractivity contribution in [3.8, 4) is 11.5 Å². The number of allylic oxidation sites excluding steroid dienone is 1. The molecule has 0 aliphatic rings. The van der Waals surface area contributed by atoms with Crippen molar-refractivity contribution in [2.24, 2.45) is 5.92 Å². The number of nitrogens with one attached hydrogen (secondary N) is 1. The topological polar surface area (TPSA) is 103 Å². The van der Waals surface area contributed by atoms with E-state index in [1.54, 1.807) is 63.4 Å². The second-order valence-corrected chi connectivity index (χ2v) is 7.64. The van der Waals surface area contributed by atoms with Gasteiger partial charge in [-0.05, 0) is 62.2 Å². The van der Waals surface area contributed by atoms with Crippen molar-refractivity contribution in [3.63, 3.8) is 0 Å². The van der Waals surface area contributed by atoms with Gasteiger partial charge in [-0.15, -0.1) is 0 Å². The lowest BCUT2D eigenvalue weighted by atomic mass is 9.93. The van der Waals surface area contributed by atoms with E-state index in [0.29, 0.717) is 35.8 Å². The van der Waals surface area contributed by atoms with E-state index in [1.165, 1.54) is 0 Å². The molecule has 0 fully saturated rings. The van der Waals surface area contributed by atoms with Crippen molar-refractivity contribution in [2.75, 3.05) is 32.2 Å². The summed E-state index contributed by atoms with van der Waals surface area (Å²) in [5.74, 6) is 0.771. The monoisotopic (exact) mass is 471 g/mol. The Kier molecular flexibility index (Phi) is 10.9. The molecular weight excluding hydrogens is 438 g/mol. The van der Waals surface area contributed by atoms with Crippen LogP contribution in [-0.4, -0.2) is 44.1 Å². The van der Waals surface area contributed by atoms with Crippen molar-refractivity contribution in [2.45, 2.75) is 33.3 Å². The molecule has 2 rings (SSSR count). The maximum absolute atomic E-state index is 12.7. The minimum absolute atomic E-state index is 0.0811. The van der Waals surface area contributed by atoms with Gasteiger partial charge >= 0.3 is 12.1 Å². The standard InChI is InChI=1S/C26H33NO7/c1-5-32-25(29)19(3)7-6-18(2)24(20-8-12-23(13-9-20)33-17-16-28)34-26(30)27-21-10-14-22(31-4)15-11-21/h7-15,18,24,28H,5-6,16-17H2,1-4H3,(H,27,30)/b19-7+/t18-,24-/m0/s1. The third-order valence-corrected chi connectivity index (χ3v) is 5.05. The van der Waals surface area contributed by atoms with E-state index < -0.39 is 12.2 Å². The maximum Gasteiger partial charge on any atom is 0.412 e. The van der Waals surface area contributed by atoms with E-state index in [9.17, 15) is 9.59 Å². The van der Waals surface area contributed by atoms with Crippen LogP contribution in [0.2, 0.25) is 0 Å². The Morgan fingerprint density at radius 1 is 1.06 bits per heavy atom. The van der Waals surface area contributed by atoms with Gasteiger partial charge in [0.25, 0.3) is 0 Å². The van der Waals surface area contributed by atoms with Crippen LogP contribution in [0.25, 0.3) is 0 Å². The zero-order chi connectivity index (χ0) is 24.9. The Morgan fingerprint density at radius 3 is 2.29 bits per heavy atom. The van der Waals surface area contributed by atoms with Gasteiger partial charge in [0.05, 0.1) is 20.3 Å². The van der Waals surface area contributed by atoms with E-state index in [1.807, 2.05) is 19.1 Å². The zero-order valence-electron chi connectivity index (χ0n) is 20.1. The second kappa shape index (κ2) is 13.9. The van der Waals surface area contributed by atoms with Crippen LogP contribution in [0.1, 0.15) is 38.9 Å². The first-order chi connectivity index (χ1) is 16.4. The summed E-state index contributed by atoms with van der Waals surface area (Å²) in [6.45, 7) is 5.81. The fraction of sp³-hybridized carbons (Fsp3) is 0.385. The van der Waals surface area contributed by atoms with Crippen molar-refractivity contribution < 1.29 is 33.6 Å². The number of esters is 1. The van der Waals surface area contributed by atoms with Crippen LogP contribution in [0.15, 0.2) is 60.2 Å². The van der Waals surface area contributed by atoms with E-state index >= 15 is 0 Å². The Bertz CT molecular complexity index is 939. The molecule has 2 atom stereocenters. The minimum Gasteiger partial charge on any atom is -0.497 e. The first kappa shape index (κ1) is 26.7. The molecular formula is C26H33NO7. The molecule has 0 aromatic heterocycles. The zero-order valence-corrected chi connectivity index (χ0v) is 20.1. The number of amides is 1. The van der Waals surface area contributed by atoms with Crippen molar-refractivity contribution in [1.29, 1.82) is 0 Å². The van der Waals surface area contributed by atoms with Crippen LogP contribution in [0.4, 0.5) is 10.5 Å². The molecule has 0 aliphatic carbocycles. The Hall–Kier alpha value is -3.52. The third-order valence-electron chi connectivity index (χ3n) is 5.05. The number of benzene rings is 2. The average Bonchev–Trinajstić information content (AvgIpc) is 2.85. The molecule has 0 saturated carbocycles. The lowest BCUT2D eigenvalue weighted by molar-refractivity contribution is -0.138. The molecule has 0 radical (unpaired) electrons. The summed E-state index contributed by atoms with van der Waals surface area (Å²) in [4.78, 5) is 24.6. The lowest BCUT2D eigenvalue weighted by Crippen LogP contribution is -2.22. The van der Waals surface area contributed by atoms with Gasteiger partial charge in [-0.1, -0.05) is 25.1 Å². The minimum atomic E-state index is -0.603. The van der Waals surface area contributed by atoms with Crippen LogP contribution in [0.3, 0.4) is 0 Å². The summed E-state index contributed by atoms with van der Waals surface area (Å²) in [6.07, 6.45) is 1.10. The van der Waals surface area contributed by atoms with E-state index in [0.717, 1.165) is 5.56 Å². The first-order valence-corrected chi connectivity index (χ1v) is 11.2. The summed E-state index contributed by atoms with van der Waals surface area (Å²) in [5, 5.41) is 11.7. The molecule has 2 N–H and O–H groups in total. The highest BCUT2D eigenvalue weighted by atomic mass is 16.6. The molecule has 0 spiro atoms. The summed E-state index contributed by atoms with van der Waals surface area (Å²) in [6, 6.07) is 14.1. The fourth-order valence-corrected chi connectivity index (χ4v) is 3.18. The number of rotatable bonds is 12. The number of ether oxygens (including phenoxy) is 4. The molecule has 2 aromatic carbocycles. The van der Waals surface area contributed by atoms with Crippen LogP contribution in [-0.2, 0) is 14.3 Å². The summed E-state index contributed by atoms with van der Waals surface area (Å²) in [5.41, 5.74) is 1.85. The quantitative estimate of drug-likeness (QED) is 0.335. The molecule has 2 aromatic rings. The maximum atomic E-state index is 12.7. The molecule has 8 heteroatoms. The molecule has 0 heterocycles. The number of anilines is 1. The predicted molar refractivity (Wildman–Crippen MR) is 129 cm³/mol. The van der Waals surface area contributed by atoms with Crippen molar-refractivity contribution >= 4 is 17.7 Å². The van der Waals surface area contributed by atoms with Crippen molar-refractivity contribution in [3.05, 3.63) is 65.7 Å². The van der Waals surface area contributed by atoms with E-state index in [-0.39, 0.29) is 25.1 Å². The van der Waals surface area contributed by atoms with Crippen molar-refractivity contribution in [1.82, 2.24) is 0 Å². The van der Waals surface area contributed by atoms with Crippen LogP contribution in [0, 0.1) is 5.92 Å². The van der Waals surface area contributed by atoms with E-state index in [4.69, 9.17) is 24.1 Å². The summed E-state index contributed by atoms with van der Waals surface area (Å²) < 4.78 is 21.4. The number of hydrogen-bond donors (Lipinski definition) is 2. The molecule has 0 saturated heterocycles. The Balaban J connectivity index is 2.17. The lowest BCUT2D eigenvalue weighted by Gasteiger charge is -2.24. The highest BCUT2D eigenvalue weighted by molar-refractivity contribution is 5.87. The number of carbonyl (C=O) groups excluding carboxylic acids is 2. The van der Waals surface area contributed by atoms with Gasteiger partial charge in [0.2, 0.25) is 0 Å². The number of aliphatic hydroxyl groups excluding tert-OH is 1. The largest absolute Gasteiger partial charge is 0.497 e. The molecule has 0 aliphatic heterocycles. The summed E-state index contributed by atoms with van der Waals surface area (Å²) in [7, 11) is 1.57. The van der Waals surface area contributed by atoms with Gasteiger partial charge in [0, 0.05) is 17.2 Å². The molecule has 0 bridgehead atoms.